The predicted octanol–water partition coefficient (Wildman–Crippen LogP) is 2.32. The van der Waals surface area contributed by atoms with Gasteiger partial charge in [-0.2, -0.15) is 5.26 Å². The van der Waals surface area contributed by atoms with Crippen LogP contribution in [0.5, 0.6) is 0 Å². The lowest BCUT2D eigenvalue weighted by Gasteiger charge is -2.16. The van der Waals surface area contributed by atoms with Crippen LogP contribution >= 0.6 is 11.8 Å². The molecule has 6 heteroatoms. The average molecular weight is 258 g/mol. The Kier molecular flexibility index (Phi) is 4.73. The molecular formula is C11H12F2N2OS. The SMILES string of the molecule is CSc1cccc(NCC(F)(F)CO)c1C#N. The molecule has 1 aromatic rings. The first-order chi connectivity index (χ1) is 8.04. The molecule has 1 aromatic carbocycles. The van der Waals surface area contributed by atoms with Gasteiger partial charge in [0.05, 0.1) is 17.8 Å². The summed E-state index contributed by atoms with van der Waals surface area (Å²) in [5, 5.41) is 19.9. The van der Waals surface area contributed by atoms with E-state index in [1.807, 2.05) is 12.3 Å². The number of aliphatic hydroxyl groups is 1. The molecule has 3 nitrogen and oxygen atoms in total. The van der Waals surface area contributed by atoms with Crippen LogP contribution in [-0.2, 0) is 0 Å². The largest absolute Gasteiger partial charge is 0.390 e. The molecule has 0 spiro atoms. The molecule has 0 aromatic heterocycles. The molecule has 0 radical (unpaired) electrons. The van der Waals surface area contributed by atoms with Crippen molar-refractivity contribution in [3.63, 3.8) is 0 Å². The Morgan fingerprint density at radius 3 is 2.76 bits per heavy atom. The van der Waals surface area contributed by atoms with Crippen LogP contribution in [-0.4, -0.2) is 30.4 Å². The first kappa shape index (κ1) is 13.7. The summed E-state index contributed by atoms with van der Waals surface area (Å²) >= 11 is 1.37. The van der Waals surface area contributed by atoms with E-state index in [-0.39, 0.29) is 0 Å². The third-order valence-electron chi connectivity index (χ3n) is 2.13. The molecule has 1 rings (SSSR count). The van der Waals surface area contributed by atoms with Crippen molar-refractivity contribution < 1.29 is 13.9 Å². The molecule has 2 N–H and O–H groups in total. The van der Waals surface area contributed by atoms with Crippen LogP contribution in [0.2, 0.25) is 0 Å². The number of benzene rings is 1. The summed E-state index contributed by atoms with van der Waals surface area (Å²) < 4.78 is 25.7. The Bertz CT molecular complexity index is 432. The highest BCUT2D eigenvalue weighted by molar-refractivity contribution is 7.98. The number of hydrogen-bond acceptors (Lipinski definition) is 4. The van der Waals surface area contributed by atoms with Crippen LogP contribution in [0.4, 0.5) is 14.5 Å². The number of nitriles is 1. The van der Waals surface area contributed by atoms with Gasteiger partial charge in [0, 0.05) is 4.90 Å². The molecule has 0 aliphatic rings. The van der Waals surface area contributed by atoms with E-state index in [9.17, 15) is 8.78 Å². The van der Waals surface area contributed by atoms with Gasteiger partial charge in [0.1, 0.15) is 12.7 Å². The molecule has 17 heavy (non-hydrogen) atoms. The number of aliphatic hydroxyl groups excluding tert-OH is 1. The van der Waals surface area contributed by atoms with Crippen LogP contribution in [0.3, 0.4) is 0 Å². The quantitative estimate of drug-likeness (QED) is 0.796. The van der Waals surface area contributed by atoms with Crippen molar-refractivity contribution in [2.75, 3.05) is 24.7 Å². The zero-order valence-electron chi connectivity index (χ0n) is 9.20. The van der Waals surface area contributed by atoms with E-state index in [1.54, 1.807) is 18.2 Å². The molecule has 0 aliphatic heterocycles. The van der Waals surface area contributed by atoms with Crippen LogP contribution in [0, 0.1) is 11.3 Å². The van der Waals surface area contributed by atoms with Crippen molar-refractivity contribution in [3.8, 4) is 6.07 Å². The number of nitrogens with one attached hydrogen (secondary N) is 1. The fourth-order valence-electron chi connectivity index (χ4n) is 1.24. The van der Waals surface area contributed by atoms with E-state index in [2.05, 4.69) is 5.32 Å². The maximum absolute atomic E-state index is 12.9. The minimum Gasteiger partial charge on any atom is -0.390 e. The van der Waals surface area contributed by atoms with E-state index in [0.717, 1.165) is 4.90 Å². The van der Waals surface area contributed by atoms with Crippen molar-refractivity contribution in [2.45, 2.75) is 10.8 Å². The molecule has 0 aliphatic carbocycles. The van der Waals surface area contributed by atoms with E-state index < -0.39 is 19.1 Å². The third-order valence-corrected chi connectivity index (χ3v) is 2.91. The molecule has 0 saturated carbocycles. The number of rotatable bonds is 5. The lowest BCUT2D eigenvalue weighted by Crippen LogP contribution is -2.31. The topological polar surface area (TPSA) is 56.0 Å². The number of halogens is 2. The zero-order chi connectivity index (χ0) is 12.9. The van der Waals surface area contributed by atoms with E-state index >= 15 is 0 Å². The van der Waals surface area contributed by atoms with Gasteiger partial charge in [-0.1, -0.05) is 6.07 Å². The van der Waals surface area contributed by atoms with Crippen molar-refractivity contribution in [1.29, 1.82) is 5.26 Å². The molecule has 0 unspecified atom stereocenters. The van der Waals surface area contributed by atoms with Gasteiger partial charge in [-0.3, -0.25) is 0 Å². The van der Waals surface area contributed by atoms with Gasteiger partial charge < -0.3 is 10.4 Å². The standard InChI is InChI=1S/C11H12F2N2OS/c1-17-10-4-2-3-9(8(10)5-14)15-6-11(12,13)7-16/h2-4,15-16H,6-7H2,1H3. The molecule has 0 atom stereocenters. The summed E-state index contributed by atoms with van der Waals surface area (Å²) in [6, 6.07) is 6.98. The molecule has 0 fully saturated rings. The Hall–Kier alpha value is -1.32. The van der Waals surface area contributed by atoms with Crippen LogP contribution in [0.1, 0.15) is 5.56 Å². The number of alkyl halides is 2. The first-order valence-electron chi connectivity index (χ1n) is 4.83. The summed E-state index contributed by atoms with van der Waals surface area (Å²) in [5.41, 5.74) is 0.696. The lowest BCUT2D eigenvalue weighted by atomic mass is 10.2. The molecule has 0 saturated heterocycles. The van der Waals surface area contributed by atoms with Crippen LogP contribution in [0.15, 0.2) is 23.1 Å². The maximum atomic E-state index is 12.9. The number of anilines is 1. The Balaban J connectivity index is 2.89. The lowest BCUT2D eigenvalue weighted by molar-refractivity contribution is -0.0372. The van der Waals surface area contributed by atoms with E-state index in [4.69, 9.17) is 10.4 Å². The van der Waals surface area contributed by atoms with Gasteiger partial charge >= 0.3 is 0 Å². The fraction of sp³-hybridized carbons (Fsp3) is 0.364. The Labute approximate surface area is 102 Å². The monoisotopic (exact) mass is 258 g/mol. The molecule has 0 heterocycles. The second-order valence-electron chi connectivity index (χ2n) is 3.36. The van der Waals surface area contributed by atoms with Gasteiger partial charge in [0.2, 0.25) is 0 Å². The Morgan fingerprint density at radius 2 is 2.24 bits per heavy atom. The van der Waals surface area contributed by atoms with Crippen molar-refractivity contribution in [2.24, 2.45) is 0 Å². The fourth-order valence-corrected chi connectivity index (χ4v) is 1.82. The summed E-state index contributed by atoms with van der Waals surface area (Å²) in [6.07, 6.45) is 1.81. The van der Waals surface area contributed by atoms with Gasteiger partial charge in [0.15, 0.2) is 0 Å². The van der Waals surface area contributed by atoms with Gasteiger partial charge in [-0.05, 0) is 18.4 Å². The summed E-state index contributed by atoms with van der Waals surface area (Å²) in [5.74, 6) is -3.19. The van der Waals surface area contributed by atoms with Crippen molar-refractivity contribution in [3.05, 3.63) is 23.8 Å². The second-order valence-corrected chi connectivity index (χ2v) is 4.21. The summed E-state index contributed by atoms with van der Waals surface area (Å²) in [6.45, 7) is -1.92. The third kappa shape index (κ3) is 3.58. The normalized spacial score (nSPS) is 11.0. The Morgan fingerprint density at radius 1 is 1.53 bits per heavy atom. The molecule has 0 bridgehead atoms. The number of hydrogen-bond donors (Lipinski definition) is 2. The highest BCUT2D eigenvalue weighted by atomic mass is 32.2. The van der Waals surface area contributed by atoms with Gasteiger partial charge in [-0.15, -0.1) is 11.8 Å². The highest BCUT2D eigenvalue weighted by Crippen LogP contribution is 2.27. The minimum atomic E-state index is -3.19. The number of nitrogens with zero attached hydrogens (tertiary/aromatic N) is 1. The van der Waals surface area contributed by atoms with Gasteiger partial charge in [-0.25, -0.2) is 8.78 Å². The van der Waals surface area contributed by atoms with Crippen LogP contribution < -0.4 is 5.32 Å². The average Bonchev–Trinajstić information content (AvgIpc) is 2.35. The van der Waals surface area contributed by atoms with Crippen LogP contribution in [0.25, 0.3) is 0 Å². The predicted molar refractivity (Wildman–Crippen MR) is 63.5 cm³/mol. The molecule has 0 amide bonds. The second kappa shape index (κ2) is 5.84. The smallest absolute Gasteiger partial charge is 0.287 e. The highest BCUT2D eigenvalue weighted by Gasteiger charge is 2.27. The molecule has 92 valence electrons. The first-order valence-corrected chi connectivity index (χ1v) is 6.06. The summed E-state index contributed by atoms with van der Waals surface area (Å²) in [7, 11) is 0. The van der Waals surface area contributed by atoms with E-state index in [1.165, 1.54) is 11.8 Å². The van der Waals surface area contributed by atoms with Crippen molar-refractivity contribution >= 4 is 17.4 Å². The zero-order valence-corrected chi connectivity index (χ0v) is 10.0. The minimum absolute atomic E-state index is 0.341. The summed E-state index contributed by atoms with van der Waals surface area (Å²) in [4.78, 5) is 0.727. The van der Waals surface area contributed by atoms with Crippen molar-refractivity contribution in [1.82, 2.24) is 0 Å². The maximum Gasteiger partial charge on any atom is 0.287 e. The molecular weight excluding hydrogens is 246 g/mol. The number of thioether (sulfide) groups is 1. The van der Waals surface area contributed by atoms with E-state index in [0.29, 0.717) is 11.3 Å². The van der Waals surface area contributed by atoms with Gasteiger partial charge in [0.25, 0.3) is 5.92 Å².